The summed E-state index contributed by atoms with van der Waals surface area (Å²) in [6.07, 6.45) is 7.00. The van der Waals surface area contributed by atoms with E-state index in [0.29, 0.717) is 19.0 Å². The maximum absolute atomic E-state index is 12.7. The van der Waals surface area contributed by atoms with Crippen LogP contribution in [0.4, 0.5) is 0 Å². The van der Waals surface area contributed by atoms with Gasteiger partial charge < -0.3 is 0 Å². The van der Waals surface area contributed by atoms with Crippen molar-refractivity contribution in [2.75, 3.05) is 18.8 Å². The fraction of sp³-hybridized carbons (Fsp3) is 0.522. The van der Waals surface area contributed by atoms with Gasteiger partial charge in [0.05, 0.1) is 11.4 Å². The molecule has 168 valence electrons. The summed E-state index contributed by atoms with van der Waals surface area (Å²) in [6.45, 7) is 3.19. The summed E-state index contributed by atoms with van der Waals surface area (Å²) in [5, 5.41) is 0.737. The Morgan fingerprint density at radius 2 is 1.84 bits per heavy atom. The Morgan fingerprint density at radius 3 is 2.55 bits per heavy atom. The third-order valence-electron chi connectivity index (χ3n) is 6.54. The van der Waals surface area contributed by atoms with Crippen LogP contribution in [0, 0.1) is 5.92 Å². The van der Waals surface area contributed by atoms with Gasteiger partial charge >= 0.3 is 0 Å². The van der Waals surface area contributed by atoms with Crippen LogP contribution in [-0.4, -0.2) is 36.5 Å². The monoisotopic (exact) mass is 588 g/mol. The fourth-order valence-electron chi connectivity index (χ4n) is 4.97. The molecule has 1 aromatic heterocycles. The highest BCUT2D eigenvalue weighted by Crippen LogP contribution is 2.46. The number of halogens is 3. The zero-order valence-electron chi connectivity index (χ0n) is 17.6. The van der Waals surface area contributed by atoms with Crippen LogP contribution in [0.15, 0.2) is 33.3 Å². The topological polar surface area (TPSA) is 50.3 Å². The van der Waals surface area contributed by atoms with Crippen molar-refractivity contribution < 1.29 is 8.42 Å². The van der Waals surface area contributed by atoms with Gasteiger partial charge in [0.1, 0.15) is 0 Å². The van der Waals surface area contributed by atoms with Crippen LogP contribution in [0.25, 0.3) is 0 Å². The molecular weight excluding hydrogens is 564 g/mol. The summed E-state index contributed by atoms with van der Waals surface area (Å²) in [5.74, 6) is 0.718. The van der Waals surface area contributed by atoms with Crippen LogP contribution in [0.2, 0.25) is 5.02 Å². The molecule has 8 heteroatoms. The average Bonchev–Trinajstić information content (AvgIpc) is 2.89. The van der Waals surface area contributed by atoms with E-state index >= 15 is 0 Å². The summed E-state index contributed by atoms with van der Waals surface area (Å²) in [4.78, 5) is 4.87. The number of rotatable bonds is 5. The minimum absolute atomic E-state index is 0.132. The highest BCUT2D eigenvalue weighted by molar-refractivity contribution is 9.10. The lowest BCUT2D eigenvalue weighted by Crippen LogP contribution is -2.41. The first-order chi connectivity index (χ1) is 14.8. The second-order valence-electron chi connectivity index (χ2n) is 8.54. The Morgan fingerprint density at radius 1 is 1.13 bits per heavy atom. The second kappa shape index (κ2) is 9.80. The number of nitrogens with zero attached hydrogens (tertiary/aromatic N) is 2. The van der Waals surface area contributed by atoms with Crippen LogP contribution in [-0.2, 0) is 22.9 Å². The molecule has 0 bridgehead atoms. The van der Waals surface area contributed by atoms with E-state index in [1.807, 2.05) is 19.2 Å². The molecule has 2 heterocycles. The molecule has 2 aliphatic rings. The van der Waals surface area contributed by atoms with Crippen molar-refractivity contribution in [3.05, 3.63) is 60.7 Å². The molecule has 1 aromatic carbocycles. The number of hydrogen-bond donors (Lipinski definition) is 0. The van der Waals surface area contributed by atoms with Crippen molar-refractivity contribution >= 4 is 53.5 Å². The van der Waals surface area contributed by atoms with E-state index in [1.165, 1.54) is 16.7 Å². The standard InChI is InChI=1S/C23H27Br2ClN2O2S/c1-2-3-10-31(29,30)28-8-6-15(7-9-28)22-21-16(12-19(26)13-20(21)25)4-5-17-11-18(24)14-27-23(17)22/h11-15,22H,2-10H2,1H3. The fourth-order valence-corrected chi connectivity index (χ4v) is 8.15. The Labute approximate surface area is 207 Å². The quantitative estimate of drug-likeness (QED) is 0.409. The number of hydrogen-bond acceptors (Lipinski definition) is 3. The molecular formula is C23H27Br2ClN2O2S. The van der Waals surface area contributed by atoms with E-state index in [4.69, 9.17) is 16.6 Å². The first-order valence-electron chi connectivity index (χ1n) is 10.9. The third-order valence-corrected chi connectivity index (χ3v) is 9.80. The van der Waals surface area contributed by atoms with Crippen molar-refractivity contribution in [1.29, 1.82) is 0 Å². The normalized spacial score (nSPS) is 20.2. The molecule has 1 aliphatic carbocycles. The van der Waals surface area contributed by atoms with E-state index in [0.717, 1.165) is 58.2 Å². The van der Waals surface area contributed by atoms with E-state index in [1.54, 1.807) is 4.31 Å². The Kier molecular flexibility index (Phi) is 7.48. The van der Waals surface area contributed by atoms with Gasteiger partial charge in [-0.25, -0.2) is 12.7 Å². The van der Waals surface area contributed by atoms with Gasteiger partial charge in [-0.2, -0.15) is 0 Å². The van der Waals surface area contributed by atoms with E-state index in [2.05, 4.69) is 44.0 Å². The summed E-state index contributed by atoms with van der Waals surface area (Å²) < 4.78 is 29.1. The molecule has 4 nitrogen and oxygen atoms in total. The van der Waals surface area contributed by atoms with Crippen LogP contribution < -0.4 is 0 Å². The molecule has 31 heavy (non-hydrogen) atoms. The van der Waals surface area contributed by atoms with Gasteiger partial charge in [0.15, 0.2) is 0 Å². The maximum Gasteiger partial charge on any atom is 0.214 e. The second-order valence-corrected chi connectivity index (χ2v) is 12.8. The van der Waals surface area contributed by atoms with Crippen molar-refractivity contribution in [1.82, 2.24) is 9.29 Å². The Hall–Kier alpha value is -0.470. The first kappa shape index (κ1) is 23.7. The van der Waals surface area contributed by atoms with Crippen molar-refractivity contribution in [3.8, 4) is 0 Å². The number of unbranched alkanes of at least 4 members (excludes halogenated alkanes) is 1. The summed E-state index contributed by atoms with van der Waals surface area (Å²) in [5.41, 5.74) is 4.91. The van der Waals surface area contributed by atoms with E-state index in [9.17, 15) is 8.42 Å². The lowest BCUT2D eigenvalue weighted by molar-refractivity contribution is 0.254. The number of piperidine rings is 1. The minimum atomic E-state index is -3.16. The Balaban J connectivity index is 1.68. The highest BCUT2D eigenvalue weighted by Gasteiger charge is 2.37. The summed E-state index contributed by atoms with van der Waals surface area (Å²) >= 11 is 13.8. The maximum atomic E-state index is 12.7. The lowest BCUT2D eigenvalue weighted by Gasteiger charge is -2.36. The zero-order chi connectivity index (χ0) is 22.2. The summed E-state index contributed by atoms with van der Waals surface area (Å²) in [7, 11) is -3.16. The number of aromatic nitrogens is 1. The Bertz CT molecular complexity index is 1070. The number of sulfonamides is 1. The zero-order valence-corrected chi connectivity index (χ0v) is 22.3. The van der Waals surface area contributed by atoms with Crippen molar-refractivity contribution in [2.45, 2.75) is 51.4 Å². The molecule has 0 saturated carbocycles. The van der Waals surface area contributed by atoms with Gasteiger partial charge in [-0.3, -0.25) is 4.98 Å². The molecule has 0 spiro atoms. The van der Waals surface area contributed by atoms with Crippen LogP contribution in [0.5, 0.6) is 0 Å². The number of pyridine rings is 1. The van der Waals surface area contributed by atoms with Gasteiger partial charge in [-0.1, -0.05) is 40.9 Å². The molecule has 1 aliphatic heterocycles. The van der Waals surface area contributed by atoms with Gasteiger partial charge in [-0.15, -0.1) is 0 Å². The minimum Gasteiger partial charge on any atom is -0.259 e. The smallest absolute Gasteiger partial charge is 0.214 e. The van der Waals surface area contributed by atoms with Crippen molar-refractivity contribution in [2.24, 2.45) is 5.92 Å². The molecule has 2 aromatic rings. The third kappa shape index (κ3) is 5.06. The van der Waals surface area contributed by atoms with Crippen LogP contribution in [0.1, 0.15) is 60.9 Å². The van der Waals surface area contributed by atoms with Gasteiger partial charge in [-0.05, 0) is 88.8 Å². The highest BCUT2D eigenvalue weighted by atomic mass is 79.9. The van der Waals surface area contributed by atoms with Crippen LogP contribution >= 0.6 is 43.5 Å². The first-order valence-corrected chi connectivity index (χ1v) is 14.5. The molecule has 0 N–H and O–H groups in total. The van der Waals surface area contributed by atoms with Crippen molar-refractivity contribution in [3.63, 3.8) is 0 Å². The SMILES string of the molecule is CCCCS(=O)(=O)N1CCC(C2c3ncc(Br)cc3CCc3cc(Cl)cc(Br)c32)CC1. The number of aryl methyl sites for hydroxylation is 2. The molecule has 4 rings (SSSR count). The van der Waals surface area contributed by atoms with Crippen LogP contribution in [0.3, 0.4) is 0 Å². The van der Waals surface area contributed by atoms with Gasteiger partial charge in [0.2, 0.25) is 10.0 Å². The summed E-state index contributed by atoms with van der Waals surface area (Å²) in [6, 6.07) is 6.24. The molecule has 1 atom stereocenters. The van der Waals surface area contributed by atoms with E-state index < -0.39 is 10.0 Å². The molecule has 0 amide bonds. The predicted molar refractivity (Wildman–Crippen MR) is 133 cm³/mol. The molecule has 1 unspecified atom stereocenters. The van der Waals surface area contributed by atoms with E-state index in [-0.39, 0.29) is 11.7 Å². The van der Waals surface area contributed by atoms with Gasteiger partial charge in [0.25, 0.3) is 0 Å². The number of benzene rings is 1. The molecule has 1 fully saturated rings. The predicted octanol–water partition coefficient (Wildman–Crippen LogP) is 6.33. The largest absolute Gasteiger partial charge is 0.259 e. The average molecular weight is 591 g/mol. The molecule has 0 radical (unpaired) electrons. The number of fused-ring (bicyclic) bond motifs is 2. The molecule has 1 saturated heterocycles. The lowest BCUT2D eigenvalue weighted by atomic mass is 9.77. The van der Waals surface area contributed by atoms with Gasteiger partial charge in [0, 0.05) is 39.2 Å².